The molecule has 0 aliphatic carbocycles. The van der Waals surface area contributed by atoms with Gasteiger partial charge in [0, 0.05) is 18.7 Å². The Labute approximate surface area is 130 Å². The lowest BCUT2D eigenvalue weighted by atomic mass is 10.0. The smallest absolute Gasteiger partial charge is 0.308 e. The zero-order chi connectivity index (χ0) is 15.9. The number of amides is 1. The third-order valence-corrected chi connectivity index (χ3v) is 3.83. The first-order valence-corrected chi connectivity index (χ1v) is 7.47. The fourth-order valence-electron chi connectivity index (χ4n) is 2.62. The zero-order valence-corrected chi connectivity index (χ0v) is 12.7. The number of carboxylic acids is 1. The number of carbonyl (C=O) groups excluding carboxylic acids is 1. The molecule has 1 heterocycles. The molecule has 120 valence electrons. The molecule has 6 nitrogen and oxygen atoms in total. The third kappa shape index (κ3) is 4.73. The van der Waals surface area contributed by atoms with E-state index in [4.69, 9.17) is 4.74 Å². The average molecular weight is 306 g/mol. The predicted molar refractivity (Wildman–Crippen MR) is 83.0 cm³/mol. The number of hydrogen-bond acceptors (Lipinski definition) is 4. The molecule has 0 spiro atoms. The molecule has 0 bridgehead atoms. The van der Waals surface area contributed by atoms with E-state index in [1.807, 2.05) is 0 Å². The largest absolute Gasteiger partial charge is 0.497 e. The van der Waals surface area contributed by atoms with Gasteiger partial charge in [0.1, 0.15) is 5.75 Å². The van der Waals surface area contributed by atoms with Crippen molar-refractivity contribution in [2.75, 3.05) is 32.1 Å². The Morgan fingerprint density at radius 3 is 2.45 bits per heavy atom. The van der Waals surface area contributed by atoms with Crippen LogP contribution in [0, 0.1) is 5.92 Å². The van der Waals surface area contributed by atoms with Gasteiger partial charge in [-0.15, -0.1) is 0 Å². The number of carbonyl (C=O) groups is 2. The number of carboxylic acid groups (broad SMARTS) is 1. The zero-order valence-electron chi connectivity index (χ0n) is 12.7. The normalized spacial score (nSPS) is 16.2. The molecule has 1 aliphatic rings. The van der Waals surface area contributed by atoms with Gasteiger partial charge in [0.25, 0.3) is 0 Å². The fourth-order valence-corrected chi connectivity index (χ4v) is 2.62. The van der Waals surface area contributed by atoms with Crippen LogP contribution in [0.2, 0.25) is 0 Å². The maximum absolute atomic E-state index is 12.0. The predicted octanol–water partition coefficient (Wildman–Crippen LogP) is 1.82. The molecule has 2 N–H and O–H groups in total. The minimum Gasteiger partial charge on any atom is -0.497 e. The highest BCUT2D eigenvalue weighted by Crippen LogP contribution is 2.17. The molecule has 1 aromatic rings. The van der Waals surface area contributed by atoms with Crippen LogP contribution in [0.25, 0.3) is 0 Å². The van der Waals surface area contributed by atoms with Crippen LogP contribution in [0.1, 0.15) is 19.3 Å². The Hall–Kier alpha value is -2.08. The first-order chi connectivity index (χ1) is 10.6. The lowest BCUT2D eigenvalue weighted by Gasteiger charge is -2.20. The Morgan fingerprint density at radius 1 is 1.27 bits per heavy atom. The fraction of sp³-hybridized carbons (Fsp3) is 0.500. The molecule has 6 heteroatoms. The van der Waals surface area contributed by atoms with Crippen molar-refractivity contribution < 1.29 is 19.4 Å². The van der Waals surface area contributed by atoms with Gasteiger partial charge in [0.15, 0.2) is 0 Å². The molecular formula is C16H22N2O4. The summed E-state index contributed by atoms with van der Waals surface area (Å²) in [5.41, 5.74) is 0.635. The van der Waals surface area contributed by atoms with E-state index in [1.54, 1.807) is 31.4 Å². The summed E-state index contributed by atoms with van der Waals surface area (Å²) in [4.78, 5) is 25.5. The van der Waals surface area contributed by atoms with Gasteiger partial charge >= 0.3 is 5.97 Å². The van der Waals surface area contributed by atoms with Gasteiger partial charge in [-0.05, 0) is 50.2 Å². The van der Waals surface area contributed by atoms with E-state index < -0.39 is 11.9 Å². The lowest BCUT2D eigenvalue weighted by molar-refractivity contribution is -0.144. The highest BCUT2D eigenvalue weighted by Gasteiger charge is 2.25. The summed E-state index contributed by atoms with van der Waals surface area (Å²) in [6.07, 6.45) is 2.19. The van der Waals surface area contributed by atoms with Crippen LogP contribution in [0.15, 0.2) is 24.3 Å². The Bertz CT molecular complexity index is 509. The average Bonchev–Trinajstić information content (AvgIpc) is 3.00. The van der Waals surface area contributed by atoms with Crippen molar-refractivity contribution in [1.82, 2.24) is 4.90 Å². The minimum atomic E-state index is -0.920. The van der Waals surface area contributed by atoms with E-state index in [2.05, 4.69) is 10.2 Å². The van der Waals surface area contributed by atoms with Gasteiger partial charge in [-0.2, -0.15) is 0 Å². The molecular weight excluding hydrogens is 284 g/mol. The Balaban J connectivity index is 1.87. The second-order valence-electron chi connectivity index (χ2n) is 5.52. The Kier molecular flexibility index (Phi) is 5.77. The number of anilines is 1. The van der Waals surface area contributed by atoms with Crippen molar-refractivity contribution in [3.8, 4) is 5.75 Å². The molecule has 1 atom stereocenters. The number of methoxy groups -OCH3 is 1. The number of hydrogen-bond donors (Lipinski definition) is 2. The SMILES string of the molecule is COc1ccc(NC(=O)C[C@@H](CN2CCCC2)C(=O)O)cc1. The molecule has 2 rings (SSSR count). The van der Waals surface area contributed by atoms with Crippen molar-refractivity contribution >= 4 is 17.6 Å². The number of nitrogens with zero attached hydrogens (tertiary/aromatic N) is 1. The highest BCUT2D eigenvalue weighted by molar-refractivity contribution is 5.93. The van der Waals surface area contributed by atoms with E-state index in [0.29, 0.717) is 18.0 Å². The number of nitrogens with one attached hydrogen (secondary N) is 1. The van der Waals surface area contributed by atoms with E-state index in [-0.39, 0.29) is 12.3 Å². The lowest BCUT2D eigenvalue weighted by Crippen LogP contribution is -2.33. The van der Waals surface area contributed by atoms with Crippen LogP contribution in [-0.4, -0.2) is 48.6 Å². The molecule has 1 aromatic carbocycles. The van der Waals surface area contributed by atoms with Crippen LogP contribution >= 0.6 is 0 Å². The van der Waals surface area contributed by atoms with Crippen molar-refractivity contribution in [3.63, 3.8) is 0 Å². The molecule has 22 heavy (non-hydrogen) atoms. The number of ether oxygens (including phenoxy) is 1. The summed E-state index contributed by atoms with van der Waals surface area (Å²) < 4.78 is 5.05. The minimum absolute atomic E-state index is 0.0160. The summed E-state index contributed by atoms with van der Waals surface area (Å²) in [6, 6.07) is 6.95. The monoisotopic (exact) mass is 306 g/mol. The van der Waals surface area contributed by atoms with Crippen molar-refractivity contribution in [3.05, 3.63) is 24.3 Å². The molecule has 0 aromatic heterocycles. The van der Waals surface area contributed by atoms with Crippen molar-refractivity contribution in [2.45, 2.75) is 19.3 Å². The number of aliphatic carboxylic acids is 1. The summed E-state index contributed by atoms with van der Waals surface area (Å²) >= 11 is 0. The standard InChI is InChI=1S/C16H22N2O4/c1-22-14-6-4-13(5-7-14)17-15(19)10-12(16(20)21)11-18-8-2-3-9-18/h4-7,12H,2-3,8-11H2,1H3,(H,17,19)(H,20,21)/t12-/m0/s1. The number of likely N-dealkylation sites (tertiary alicyclic amines) is 1. The second-order valence-corrected chi connectivity index (χ2v) is 5.52. The Morgan fingerprint density at radius 2 is 1.91 bits per heavy atom. The molecule has 1 aliphatic heterocycles. The summed E-state index contributed by atoms with van der Waals surface area (Å²) in [5, 5.41) is 12.0. The number of rotatable bonds is 7. The van der Waals surface area contributed by atoms with E-state index >= 15 is 0 Å². The van der Waals surface area contributed by atoms with E-state index in [1.165, 1.54) is 0 Å². The van der Waals surface area contributed by atoms with E-state index in [0.717, 1.165) is 25.9 Å². The molecule has 1 saturated heterocycles. The van der Waals surface area contributed by atoms with Gasteiger partial charge in [-0.3, -0.25) is 9.59 Å². The van der Waals surface area contributed by atoms with Crippen LogP contribution in [0.5, 0.6) is 5.75 Å². The first-order valence-electron chi connectivity index (χ1n) is 7.47. The summed E-state index contributed by atoms with van der Waals surface area (Å²) in [7, 11) is 1.57. The summed E-state index contributed by atoms with van der Waals surface area (Å²) in [6.45, 7) is 2.28. The van der Waals surface area contributed by atoms with Crippen LogP contribution < -0.4 is 10.1 Å². The maximum Gasteiger partial charge on any atom is 0.308 e. The van der Waals surface area contributed by atoms with Gasteiger partial charge in [0.2, 0.25) is 5.91 Å². The molecule has 1 fully saturated rings. The molecule has 1 amide bonds. The van der Waals surface area contributed by atoms with Gasteiger partial charge < -0.3 is 20.1 Å². The first kappa shape index (κ1) is 16.3. The van der Waals surface area contributed by atoms with E-state index in [9.17, 15) is 14.7 Å². The van der Waals surface area contributed by atoms with Crippen molar-refractivity contribution in [2.24, 2.45) is 5.92 Å². The number of benzene rings is 1. The maximum atomic E-state index is 12.0. The van der Waals surface area contributed by atoms with Crippen LogP contribution in [0.4, 0.5) is 5.69 Å². The van der Waals surface area contributed by atoms with Gasteiger partial charge in [-0.1, -0.05) is 0 Å². The van der Waals surface area contributed by atoms with Crippen LogP contribution in [0.3, 0.4) is 0 Å². The topological polar surface area (TPSA) is 78.9 Å². The molecule has 0 saturated carbocycles. The molecule has 0 radical (unpaired) electrons. The highest BCUT2D eigenvalue weighted by atomic mass is 16.5. The van der Waals surface area contributed by atoms with Gasteiger partial charge in [-0.25, -0.2) is 0 Å². The van der Waals surface area contributed by atoms with Gasteiger partial charge in [0.05, 0.1) is 13.0 Å². The molecule has 0 unspecified atom stereocenters. The summed E-state index contributed by atoms with van der Waals surface area (Å²) in [5.74, 6) is -1.17. The quantitative estimate of drug-likeness (QED) is 0.803. The third-order valence-electron chi connectivity index (χ3n) is 3.83. The van der Waals surface area contributed by atoms with Crippen molar-refractivity contribution in [1.29, 1.82) is 0 Å². The van der Waals surface area contributed by atoms with Crippen LogP contribution in [-0.2, 0) is 9.59 Å². The second kappa shape index (κ2) is 7.79.